The fourth-order valence-corrected chi connectivity index (χ4v) is 6.39. The normalized spacial score (nSPS) is 34.9. The maximum absolute atomic E-state index is 13.0. The zero-order valence-electron chi connectivity index (χ0n) is 15.4. The number of halogens is 3. The van der Waals surface area contributed by atoms with Gasteiger partial charge in [-0.1, -0.05) is 0 Å². The van der Waals surface area contributed by atoms with Gasteiger partial charge in [-0.25, -0.2) is 0 Å². The van der Waals surface area contributed by atoms with E-state index in [1.165, 1.54) is 43.2 Å². The summed E-state index contributed by atoms with van der Waals surface area (Å²) >= 11 is 0. The Kier molecular flexibility index (Phi) is 3.89. The van der Waals surface area contributed by atoms with Crippen LogP contribution in [0.5, 0.6) is 0 Å². The molecule has 7 heteroatoms. The molecule has 0 spiro atoms. The molecule has 1 aromatic heterocycles. The smallest absolute Gasteiger partial charge is 0.354 e. The first-order valence-electron chi connectivity index (χ1n) is 10.2. The van der Waals surface area contributed by atoms with E-state index in [4.69, 9.17) is 0 Å². The Bertz CT molecular complexity index is 715. The second kappa shape index (κ2) is 5.98. The van der Waals surface area contributed by atoms with Crippen LogP contribution in [-0.2, 0) is 17.5 Å². The molecule has 0 unspecified atom stereocenters. The summed E-state index contributed by atoms with van der Waals surface area (Å²) in [7, 11) is 0. The zero-order chi connectivity index (χ0) is 18.8. The van der Waals surface area contributed by atoms with Gasteiger partial charge in [-0.15, -0.1) is 0 Å². The first-order chi connectivity index (χ1) is 12.8. The second-order valence-corrected chi connectivity index (χ2v) is 9.58. The Morgan fingerprint density at radius 1 is 1.15 bits per heavy atom. The first kappa shape index (κ1) is 17.6. The minimum absolute atomic E-state index is 0.115. The third-order valence-corrected chi connectivity index (χ3v) is 7.22. The van der Waals surface area contributed by atoms with Gasteiger partial charge in [-0.05, 0) is 80.6 Å². The number of hydrogen-bond donors (Lipinski definition) is 1. The molecule has 0 aromatic carbocycles. The van der Waals surface area contributed by atoms with Crippen LogP contribution in [0.4, 0.5) is 13.2 Å². The Morgan fingerprint density at radius 3 is 2.26 bits per heavy atom. The largest absolute Gasteiger partial charge is 0.435 e. The van der Waals surface area contributed by atoms with E-state index < -0.39 is 11.9 Å². The van der Waals surface area contributed by atoms with Gasteiger partial charge in [0.2, 0.25) is 5.91 Å². The molecule has 1 heterocycles. The minimum Gasteiger partial charge on any atom is -0.354 e. The van der Waals surface area contributed by atoms with Crippen molar-refractivity contribution >= 4 is 5.91 Å². The van der Waals surface area contributed by atoms with E-state index in [2.05, 4.69) is 10.4 Å². The molecule has 1 aromatic rings. The molecule has 0 aliphatic heterocycles. The van der Waals surface area contributed by atoms with E-state index in [-0.39, 0.29) is 23.8 Å². The predicted molar refractivity (Wildman–Crippen MR) is 92.8 cm³/mol. The van der Waals surface area contributed by atoms with Crippen LogP contribution in [-0.4, -0.2) is 22.2 Å². The van der Waals surface area contributed by atoms with Crippen molar-refractivity contribution in [3.8, 4) is 0 Å². The molecule has 0 saturated heterocycles. The molecule has 148 valence electrons. The van der Waals surface area contributed by atoms with E-state index in [0.717, 1.165) is 36.7 Å². The van der Waals surface area contributed by atoms with Crippen LogP contribution < -0.4 is 5.32 Å². The molecule has 0 atom stereocenters. The van der Waals surface area contributed by atoms with Crippen molar-refractivity contribution in [2.75, 3.05) is 6.54 Å². The summed E-state index contributed by atoms with van der Waals surface area (Å²) in [4.78, 5) is 12.5. The molecule has 1 amide bonds. The van der Waals surface area contributed by atoms with Crippen LogP contribution in [0.15, 0.2) is 6.07 Å². The Labute approximate surface area is 156 Å². The first-order valence-corrected chi connectivity index (χ1v) is 10.2. The highest BCUT2D eigenvalue weighted by molar-refractivity contribution is 5.75. The quantitative estimate of drug-likeness (QED) is 0.834. The molecular formula is C20H26F3N3O. The molecular weight excluding hydrogens is 355 g/mol. The molecule has 5 aliphatic carbocycles. The van der Waals surface area contributed by atoms with Crippen LogP contribution in [0, 0.1) is 23.2 Å². The van der Waals surface area contributed by atoms with Crippen molar-refractivity contribution < 1.29 is 18.0 Å². The number of carbonyl (C=O) groups is 1. The van der Waals surface area contributed by atoms with Gasteiger partial charge in [0.1, 0.15) is 6.54 Å². The molecule has 5 fully saturated rings. The third kappa shape index (κ3) is 3.38. The second-order valence-electron chi connectivity index (χ2n) is 9.58. The summed E-state index contributed by atoms with van der Waals surface area (Å²) in [6.45, 7) is 0.551. The molecule has 0 radical (unpaired) electrons. The molecule has 4 bridgehead atoms. The topological polar surface area (TPSA) is 46.9 Å². The summed E-state index contributed by atoms with van der Waals surface area (Å²) in [5.41, 5.74) is -0.115. The standard InChI is InChI=1S/C20H26F3N3O/c21-20(22,23)17-6-16(15-1-2-15)26(25-17)10-18(27)24-11-19-7-12-3-13(8-19)5-14(4-12)9-19/h6,12-15H,1-5,7-11H2,(H,24,27). The summed E-state index contributed by atoms with van der Waals surface area (Å²) in [5.74, 6) is 2.34. The highest BCUT2D eigenvalue weighted by Crippen LogP contribution is 2.59. The summed E-state index contributed by atoms with van der Waals surface area (Å²) in [6, 6.07) is 1.12. The lowest BCUT2D eigenvalue weighted by atomic mass is 9.49. The number of nitrogens with one attached hydrogen (secondary N) is 1. The van der Waals surface area contributed by atoms with Crippen LogP contribution in [0.1, 0.15) is 68.7 Å². The predicted octanol–water partition coefficient (Wildman–Crippen LogP) is 4.11. The highest BCUT2D eigenvalue weighted by atomic mass is 19.4. The lowest BCUT2D eigenvalue weighted by molar-refractivity contribution is -0.141. The maximum atomic E-state index is 13.0. The van der Waals surface area contributed by atoms with Crippen molar-refractivity contribution in [2.45, 2.75) is 70.0 Å². The van der Waals surface area contributed by atoms with Gasteiger partial charge < -0.3 is 5.32 Å². The van der Waals surface area contributed by atoms with E-state index >= 15 is 0 Å². The fraction of sp³-hybridized carbons (Fsp3) is 0.800. The molecule has 6 rings (SSSR count). The SMILES string of the molecule is O=C(Cn1nc(C(F)(F)F)cc1C1CC1)NCC12CC3CC(CC(C3)C1)C2. The fourth-order valence-electron chi connectivity index (χ4n) is 6.39. The van der Waals surface area contributed by atoms with Gasteiger partial charge in [0.25, 0.3) is 0 Å². The average molecular weight is 381 g/mol. The minimum atomic E-state index is -4.47. The van der Waals surface area contributed by atoms with Crippen LogP contribution in [0.25, 0.3) is 0 Å². The van der Waals surface area contributed by atoms with Crippen LogP contribution >= 0.6 is 0 Å². The highest BCUT2D eigenvalue weighted by Gasteiger charge is 2.50. The third-order valence-electron chi connectivity index (χ3n) is 7.22. The van der Waals surface area contributed by atoms with Gasteiger partial charge in [-0.2, -0.15) is 18.3 Å². The Morgan fingerprint density at radius 2 is 1.74 bits per heavy atom. The van der Waals surface area contributed by atoms with E-state index in [1.54, 1.807) is 0 Å². The number of alkyl halides is 3. The van der Waals surface area contributed by atoms with E-state index in [0.29, 0.717) is 12.2 Å². The monoisotopic (exact) mass is 381 g/mol. The number of rotatable bonds is 5. The lowest BCUT2D eigenvalue weighted by Gasteiger charge is -2.56. The average Bonchev–Trinajstić information content (AvgIpc) is 3.31. The number of carbonyl (C=O) groups excluding carboxylic acids is 1. The molecule has 5 aliphatic rings. The maximum Gasteiger partial charge on any atom is 0.435 e. The van der Waals surface area contributed by atoms with Gasteiger partial charge >= 0.3 is 6.18 Å². The molecule has 4 nitrogen and oxygen atoms in total. The lowest BCUT2D eigenvalue weighted by Crippen LogP contribution is -2.51. The van der Waals surface area contributed by atoms with Gasteiger partial charge in [0.15, 0.2) is 5.69 Å². The number of amides is 1. The summed E-state index contributed by atoms with van der Waals surface area (Å²) in [5, 5.41) is 6.73. The van der Waals surface area contributed by atoms with Crippen molar-refractivity contribution in [1.82, 2.24) is 15.1 Å². The van der Waals surface area contributed by atoms with Crippen molar-refractivity contribution in [2.24, 2.45) is 23.2 Å². The summed E-state index contributed by atoms with van der Waals surface area (Å²) < 4.78 is 40.3. The van der Waals surface area contributed by atoms with Crippen LogP contribution in [0.3, 0.4) is 0 Å². The number of hydrogen-bond acceptors (Lipinski definition) is 2. The van der Waals surface area contributed by atoms with Gasteiger partial charge in [0, 0.05) is 18.2 Å². The van der Waals surface area contributed by atoms with Crippen molar-refractivity contribution in [3.63, 3.8) is 0 Å². The number of nitrogens with zero attached hydrogens (tertiary/aromatic N) is 2. The van der Waals surface area contributed by atoms with Gasteiger partial charge in [0.05, 0.1) is 0 Å². The molecule has 27 heavy (non-hydrogen) atoms. The van der Waals surface area contributed by atoms with Crippen molar-refractivity contribution in [1.29, 1.82) is 0 Å². The Balaban J connectivity index is 1.24. The molecule has 5 saturated carbocycles. The van der Waals surface area contributed by atoms with Gasteiger partial charge in [-0.3, -0.25) is 9.48 Å². The number of aromatic nitrogens is 2. The van der Waals surface area contributed by atoms with E-state index in [9.17, 15) is 18.0 Å². The van der Waals surface area contributed by atoms with E-state index in [1.807, 2.05) is 0 Å². The van der Waals surface area contributed by atoms with Crippen LogP contribution in [0.2, 0.25) is 0 Å². The Hall–Kier alpha value is -1.53. The zero-order valence-corrected chi connectivity index (χ0v) is 15.4. The summed E-state index contributed by atoms with van der Waals surface area (Å²) in [6.07, 6.45) is 4.94. The van der Waals surface area contributed by atoms with Crippen molar-refractivity contribution in [3.05, 3.63) is 17.5 Å². The molecule has 1 N–H and O–H groups in total.